The normalized spacial score (nSPS) is 10.4. The minimum absolute atomic E-state index is 0.188. The number of pyridine rings is 1. The molecule has 0 aliphatic carbocycles. The first-order valence-corrected chi connectivity index (χ1v) is 5.89. The molecular formula is C14H11N3O3. The fourth-order valence-electron chi connectivity index (χ4n) is 1.78. The third kappa shape index (κ3) is 2.18. The molecule has 0 aliphatic rings. The topological polar surface area (TPSA) is 81.3 Å². The van der Waals surface area contributed by atoms with E-state index in [1.165, 1.54) is 0 Å². The van der Waals surface area contributed by atoms with Crippen LogP contribution in [0.25, 0.3) is 22.8 Å². The Morgan fingerprint density at radius 1 is 1.15 bits per heavy atom. The molecule has 0 radical (unpaired) electrons. The summed E-state index contributed by atoms with van der Waals surface area (Å²) in [6.07, 6.45) is 3.21. The summed E-state index contributed by atoms with van der Waals surface area (Å²) in [5, 5.41) is 13.2. The maximum Gasteiger partial charge on any atom is 0.262 e. The van der Waals surface area contributed by atoms with E-state index >= 15 is 0 Å². The van der Waals surface area contributed by atoms with Gasteiger partial charge in [-0.15, -0.1) is 0 Å². The van der Waals surface area contributed by atoms with E-state index in [0.29, 0.717) is 23.0 Å². The number of methoxy groups -OCH3 is 1. The average molecular weight is 269 g/mol. The number of aromatic nitrogens is 3. The van der Waals surface area contributed by atoms with Gasteiger partial charge in [-0.2, -0.15) is 4.98 Å². The van der Waals surface area contributed by atoms with Crippen molar-refractivity contribution >= 4 is 0 Å². The zero-order valence-corrected chi connectivity index (χ0v) is 10.6. The van der Waals surface area contributed by atoms with Gasteiger partial charge in [0.2, 0.25) is 5.82 Å². The highest BCUT2D eigenvalue weighted by Crippen LogP contribution is 2.29. The van der Waals surface area contributed by atoms with Crippen LogP contribution in [-0.2, 0) is 0 Å². The van der Waals surface area contributed by atoms with Crippen LogP contribution in [0.4, 0.5) is 0 Å². The van der Waals surface area contributed by atoms with E-state index < -0.39 is 0 Å². The zero-order valence-electron chi connectivity index (χ0n) is 10.6. The Balaban J connectivity index is 2.00. The number of nitrogens with zero attached hydrogens (tertiary/aromatic N) is 3. The van der Waals surface area contributed by atoms with E-state index in [1.807, 2.05) is 0 Å². The summed E-state index contributed by atoms with van der Waals surface area (Å²) in [7, 11) is 1.55. The van der Waals surface area contributed by atoms with Crippen molar-refractivity contribution in [3.05, 3.63) is 42.7 Å². The van der Waals surface area contributed by atoms with Crippen LogP contribution < -0.4 is 4.74 Å². The molecule has 0 saturated heterocycles. The van der Waals surface area contributed by atoms with Crippen molar-refractivity contribution in [1.29, 1.82) is 0 Å². The van der Waals surface area contributed by atoms with Gasteiger partial charge in [-0.05, 0) is 30.3 Å². The van der Waals surface area contributed by atoms with E-state index in [9.17, 15) is 5.11 Å². The van der Waals surface area contributed by atoms with Gasteiger partial charge in [-0.25, -0.2) is 0 Å². The van der Waals surface area contributed by atoms with Gasteiger partial charge in [0.25, 0.3) is 5.89 Å². The third-order valence-corrected chi connectivity index (χ3v) is 2.79. The van der Waals surface area contributed by atoms with Crippen LogP contribution in [0.15, 0.2) is 47.2 Å². The number of benzene rings is 1. The van der Waals surface area contributed by atoms with Crippen molar-refractivity contribution in [2.24, 2.45) is 0 Å². The maximum atomic E-state index is 9.27. The molecule has 0 spiro atoms. The Labute approximate surface area is 114 Å². The lowest BCUT2D eigenvalue weighted by atomic mass is 10.2. The number of ether oxygens (including phenoxy) is 1. The summed E-state index contributed by atoms with van der Waals surface area (Å²) in [6, 6.07) is 8.31. The lowest BCUT2D eigenvalue weighted by molar-refractivity contribution is 0.404. The monoisotopic (exact) mass is 269 g/mol. The molecule has 0 amide bonds. The van der Waals surface area contributed by atoms with Crippen molar-refractivity contribution < 1.29 is 14.4 Å². The Morgan fingerprint density at radius 2 is 1.95 bits per heavy atom. The van der Waals surface area contributed by atoms with Crippen molar-refractivity contribution in [3.8, 4) is 34.3 Å². The molecule has 6 nitrogen and oxygen atoms in total. The van der Waals surface area contributed by atoms with E-state index in [1.54, 1.807) is 49.8 Å². The Morgan fingerprint density at radius 3 is 2.70 bits per heavy atom. The van der Waals surface area contributed by atoms with E-state index in [2.05, 4.69) is 15.1 Å². The number of hydrogen-bond acceptors (Lipinski definition) is 6. The predicted octanol–water partition coefficient (Wildman–Crippen LogP) is 2.51. The van der Waals surface area contributed by atoms with Crippen molar-refractivity contribution in [2.45, 2.75) is 0 Å². The van der Waals surface area contributed by atoms with Crippen LogP contribution in [-0.4, -0.2) is 27.3 Å². The summed E-state index contributed by atoms with van der Waals surface area (Å²) in [5.41, 5.74) is 1.44. The molecule has 100 valence electrons. The fourth-order valence-corrected chi connectivity index (χ4v) is 1.78. The highest BCUT2D eigenvalue weighted by Gasteiger charge is 2.14. The summed E-state index contributed by atoms with van der Waals surface area (Å²) in [6.45, 7) is 0. The molecule has 0 atom stereocenters. The number of aromatic hydroxyl groups is 1. The van der Waals surface area contributed by atoms with Crippen LogP contribution in [0, 0.1) is 0 Å². The van der Waals surface area contributed by atoms with Crippen molar-refractivity contribution in [1.82, 2.24) is 15.1 Å². The second-order valence-corrected chi connectivity index (χ2v) is 4.05. The molecule has 3 rings (SSSR count). The van der Waals surface area contributed by atoms with Gasteiger partial charge in [0.1, 0.15) is 11.5 Å². The molecule has 20 heavy (non-hydrogen) atoms. The molecule has 1 N–H and O–H groups in total. The van der Waals surface area contributed by atoms with Crippen molar-refractivity contribution in [3.63, 3.8) is 0 Å². The maximum absolute atomic E-state index is 9.27. The van der Waals surface area contributed by atoms with Gasteiger partial charge in [-0.1, -0.05) is 5.16 Å². The molecule has 2 aromatic heterocycles. The molecule has 1 aromatic carbocycles. The molecule has 0 bridgehead atoms. The number of hydrogen-bond donors (Lipinski definition) is 1. The van der Waals surface area contributed by atoms with E-state index in [0.717, 1.165) is 5.56 Å². The van der Waals surface area contributed by atoms with Gasteiger partial charge in [0, 0.05) is 11.8 Å². The summed E-state index contributed by atoms with van der Waals surface area (Å²) >= 11 is 0. The first-order chi connectivity index (χ1) is 9.78. The van der Waals surface area contributed by atoms with Gasteiger partial charge < -0.3 is 14.4 Å². The lowest BCUT2D eigenvalue weighted by Crippen LogP contribution is -1.89. The van der Waals surface area contributed by atoms with Gasteiger partial charge in [-0.3, -0.25) is 4.98 Å². The molecule has 0 aliphatic heterocycles. The van der Waals surface area contributed by atoms with Crippen LogP contribution >= 0.6 is 0 Å². The van der Waals surface area contributed by atoms with Crippen LogP contribution in [0.5, 0.6) is 11.5 Å². The van der Waals surface area contributed by atoms with Crippen LogP contribution in [0.1, 0.15) is 0 Å². The van der Waals surface area contributed by atoms with Gasteiger partial charge in [0.15, 0.2) is 0 Å². The molecule has 0 unspecified atom stereocenters. The predicted molar refractivity (Wildman–Crippen MR) is 71.2 cm³/mol. The van der Waals surface area contributed by atoms with E-state index in [4.69, 9.17) is 9.26 Å². The highest BCUT2D eigenvalue weighted by molar-refractivity contribution is 5.64. The smallest absolute Gasteiger partial charge is 0.262 e. The van der Waals surface area contributed by atoms with Gasteiger partial charge in [0.05, 0.1) is 18.9 Å². The summed E-state index contributed by atoms with van der Waals surface area (Å²) < 4.78 is 10.5. The standard InChI is InChI=1S/C14H11N3O3/c1-19-12-8-15-7-6-11(12)14-16-13(17-20-14)9-2-4-10(18)5-3-9/h2-8,18H,1H3. The molecular weight excluding hydrogens is 258 g/mol. The summed E-state index contributed by atoms with van der Waals surface area (Å²) in [5.74, 6) is 1.55. The number of phenols is 1. The highest BCUT2D eigenvalue weighted by atomic mass is 16.5. The van der Waals surface area contributed by atoms with Crippen LogP contribution in [0.3, 0.4) is 0 Å². The molecule has 3 aromatic rings. The first-order valence-electron chi connectivity index (χ1n) is 5.89. The SMILES string of the molecule is COc1cnccc1-c1nc(-c2ccc(O)cc2)no1. The Bertz CT molecular complexity index is 723. The second kappa shape index (κ2) is 5.00. The van der Waals surface area contributed by atoms with Crippen LogP contribution in [0.2, 0.25) is 0 Å². The largest absolute Gasteiger partial charge is 0.508 e. The van der Waals surface area contributed by atoms with E-state index in [-0.39, 0.29) is 5.75 Å². The minimum Gasteiger partial charge on any atom is -0.508 e. The van der Waals surface area contributed by atoms with Gasteiger partial charge >= 0.3 is 0 Å². The third-order valence-electron chi connectivity index (χ3n) is 2.79. The molecule has 0 fully saturated rings. The quantitative estimate of drug-likeness (QED) is 0.786. The summed E-state index contributed by atoms with van der Waals surface area (Å²) in [4.78, 5) is 8.30. The minimum atomic E-state index is 0.188. The Kier molecular flexibility index (Phi) is 3.04. The molecule has 6 heteroatoms. The first kappa shape index (κ1) is 12.2. The number of phenolic OH excluding ortho intramolecular Hbond substituents is 1. The average Bonchev–Trinajstić information content (AvgIpc) is 2.97. The molecule has 0 saturated carbocycles. The molecule has 2 heterocycles. The van der Waals surface area contributed by atoms with Crippen molar-refractivity contribution in [2.75, 3.05) is 7.11 Å². The number of rotatable bonds is 3. The Hall–Kier alpha value is -2.89. The zero-order chi connectivity index (χ0) is 13.9. The second-order valence-electron chi connectivity index (χ2n) is 4.05. The fraction of sp³-hybridized carbons (Fsp3) is 0.0714. The lowest BCUT2D eigenvalue weighted by Gasteiger charge is -2.02.